The second-order valence-corrected chi connectivity index (χ2v) is 4.36. The average Bonchev–Trinajstić information content (AvgIpc) is 2.27. The van der Waals surface area contributed by atoms with Crippen LogP contribution < -0.4 is 5.73 Å². The summed E-state index contributed by atoms with van der Waals surface area (Å²) < 4.78 is 5.16. The van der Waals surface area contributed by atoms with Gasteiger partial charge in [0.1, 0.15) is 0 Å². The molecule has 0 aliphatic rings. The van der Waals surface area contributed by atoms with Gasteiger partial charge < -0.3 is 15.6 Å². The number of hydrogen-bond donors (Lipinski definition) is 2. The van der Waals surface area contributed by atoms with E-state index in [-0.39, 0.29) is 11.9 Å². The van der Waals surface area contributed by atoms with Crippen molar-refractivity contribution in [2.75, 3.05) is 0 Å². The predicted octanol–water partition coefficient (Wildman–Crippen LogP) is 0.830. The Morgan fingerprint density at radius 1 is 1.24 bits per heavy atom. The molecular weight excluding hydrogens is 222 g/mol. The molecule has 0 radical (unpaired) electrons. The lowest BCUT2D eigenvalue weighted by atomic mass is 9.98. The van der Waals surface area contributed by atoms with Gasteiger partial charge in [-0.3, -0.25) is 4.79 Å². The quantitative estimate of drug-likeness (QED) is 0.620. The van der Waals surface area contributed by atoms with Crippen LogP contribution in [0.15, 0.2) is 0 Å². The van der Waals surface area contributed by atoms with Gasteiger partial charge in [0.05, 0.1) is 5.92 Å². The Balaban J connectivity index is 4.33. The summed E-state index contributed by atoms with van der Waals surface area (Å²) in [5, 5.41) is 8.76. The molecule has 100 valence electrons. The lowest BCUT2D eigenvalue weighted by Gasteiger charge is -2.19. The van der Waals surface area contributed by atoms with Crippen LogP contribution in [0, 0.1) is 5.92 Å². The number of rotatable bonds is 8. The summed E-state index contributed by atoms with van der Waals surface area (Å²) in [6.07, 6.45) is 2.72. The topological polar surface area (TPSA) is 91.2 Å². The second kappa shape index (κ2) is 8.06. The van der Waals surface area contributed by atoms with Crippen molar-refractivity contribution >= 4 is 11.9 Å². The molecule has 0 aliphatic carbocycles. The van der Waals surface area contributed by atoms with Crippen LogP contribution in [0.4, 0.5) is 0 Å². The molecule has 0 bridgehead atoms. The van der Waals surface area contributed by atoms with Crippen molar-refractivity contribution in [3.63, 3.8) is 0 Å². The molecule has 0 saturated carbocycles. The highest BCUT2D eigenvalue weighted by molar-refractivity contribution is 5.75. The lowest BCUT2D eigenvalue weighted by molar-refractivity contribution is -0.423. The highest BCUT2D eigenvalue weighted by atomic mass is 16.5. The molecule has 0 rings (SSSR count). The minimum atomic E-state index is -1.05. The van der Waals surface area contributed by atoms with Crippen LogP contribution in [0.3, 0.4) is 0 Å². The maximum absolute atomic E-state index is 11.8. The molecule has 0 aliphatic heterocycles. The van der Waals surface area contributed by atoms with Crippen LogP contribution in [0.1, 0.15) is 46.5 Å². The van der Waals surface area contributed by atoms with Crippen molar-refractivity contribution in [3.05, 3.63) is 0 Å². The monoisotopic (exact) mass is 246 g/mol. The van der Waals surface area contributed by atoms with E-state index in [9.17, 15) is 9.59 Å². The van der Waals surface area contributed by atoms with E-state index in [4.69, 9.17) is 9.84 Å². The average molecular weight is 246 g/mol. The number of carboxylic acid groups (broad SMARTS) is 1. The van der Waals surface area contributed by atoms with Crippen LogP contribution in [0.5, 0.6) is 0 Å². The van der Waals surface area contributed by atoms with Crippen LogP contribution in [0.2, 0.25) is 0 Å². The number of carboxylic acids is 1. The number of ether oxygens (including phenoxy) is 1. The Labute approximate surface area is 102 Å². The molecule has 0 spiro atoms. The van der Waals surface area contributed by atoms with Crippen molar-refractivity contribution in [2.45, 2.75) is 58.6 Å². The van der Waals surface area contributed by atoms with Gasteiger partial charge in [-0.1, -0.05) is 26.7 Å². The first-order chi connectivity index (χ1) is 7.93. The fourth-order valence-electron chi connectivity index (χ4n) is 1.64. The van der Waals surface area contributed by atoms with Crippen molar-refractivity contribution < 1.29 is 25.2 Å². The smallest absolute Gasteiger partial charge is 0.366 e. The van der Waals surface area contributed by atoms with E-state index in [0.29, 0.717) is 0 Å². The predicted molar refractivity (Wildman–Crippen MR) is 63.2 cm³/mol. The third-order valence-corrected chi connectivity index (χ3v) is 2.79. The van der Waals surface area contributed by atoms with E-state index in [1.807, 2.05) is 13.8 Å². The van der Waals surface area contributed by atoms with Gasteiger partial charge in [0.25, 0.3) is 0 Å². The first-order valence-corrected chi connectivity index (χ1v) is 6.20. The summed E-state index contributed by atoms with van der Waals surface area (Å²) in [7, 11) is 0. The molecule has 2 atom stereocenters. The first kappa shape index (κ1) is 15.9. The minimum absolute atomic E-state index is 0.117. The molecule has 5 nitrogen and oxygen atoms in total. The van der Waals surface area contributed by atoms with Crippen LogP contribution in [-0.2, 0) is 14.3 Å². The van der Waals surface area contributed by atoms with E-state index in [1.54, 1.807) is 6.92 Å². The zero-order chi connectivity index (χ0) is 13.4. The highest BCUT2D eigenvalue weighted by Crippen LogP contribution is 2.16. The lowest BCUT2D eigenvalue weighted by Crippen LogP contribution is -2.70. The summed E-state index contributed by atoms with van der Waals surface area (Å²) >= 11 is 0. The van der Waals surface area contributed by atoms with E-state index < -0.39 is 18.1 Å². The largest absolute Gasteiger partial charge is 0.477 e. The molecule has 0 amide bonds. The molecule has 0 aromatic heterocycles. The van der Waals surface area contributed by atoms with Crippen molar-refractivity contribution in [1.82, 2.24) is 0 Å². The van der Waals surface area contributed by atoms with Gasteiger partial charge in [0.15, 0.2) is 6.10 Å². The van der Waals surface area contributed by atoms with Crippen molar-refractivity contribution in [2.24, 2.45) is 5.92 Å². The zero-order valence-corrected chi connectivity index (χ0v) is 10.9. The Hall–Kier alpha value is -1.10. The molecule has 0 unspecified atom stereocenters. The summed E-state index contributed by atoms with van der Waals surface area (Å²) in [6.45, 7) is 5.60. The Morgan fingerprint density at radius 2 is 1.71 bits per heavy atom. The fourth-order valence-corrected chi connectivity index (χ4v) is 1.64. The third-order valence-electron chi connectivity index (χ3n) is 2.79. The number of quaternary nitrogens is 1. The van der Waals surface area contributed by atoms with Crippen LogP contribution >= 0.6 is 0 Å². The molecule has 0 aromatic carbocycles. The maximum atomic E-state index is 11.8. The normalized spacial score (nSPS) is 14.4. The molecule has 0 aromatic rings. The Bertz CT molecular complexity index is 249. The van der Waals surface area contributed by atoms with Gasteiger partial charge in [-0.15, -0.1) is 0 Å². The van der Waals surface area contributed by atoms with E-state index in [0.717, 1.165) is 25.7 Å². The van der Waals surface area contributed by atoms with E-state index in [1.165, 1.54) is 0 Å². The molecule has 5 heteroatoms. The minimum Gasteiger partial charge on any atom is -0.477 e. The molecule has 0 saturated heterocycles. The fraction of sp³-hybridized carbons (Fsp3) is 0.833. The van der Waals surface area contributed by atoms with Gasteiger partial charge in [-0.05, 0) is 19.8 Å². The molecular formula is C12H24NO4+. The highest BCUT2D eigenvalue weighted by Gasteiger charge is 2.29. The SMILES string of the molecule is CCCC(CCC)C(=O)O[C@@H](C)[C@H]([NH3+])C(=O)O. The molecule has 4 N–H and O–H groups in total. The van der Waals surface area contributed by atoms with Gasteiger partial charge in [0, 0.05) is 0 Å². The van der Waals surface area contributed by atoms with Crippen LogP contribution in [0.25, 0.3) is 0 Å². The maximum Gasteiger partial charge on any atom is 0.366 e. The van der Waals surface area contributed by atoms with Crippen molar-refractivity contribution in [1.29, 1.82) is 0 Å². The first-order valence-electron chi connectivity index (χ1n) is 6.20. The Morgan fingerprint density at radius 3 is 2.06 bits per heavy atom. The summed E-state index contributed by atoms with van der Waals surface area (Å²) in [6, 6.07) is -0.914. The van der Waals surface area contributed by atoms with Gasteiger partial charge in [0.2, 0.25) is 6.04 Å². The zero-order valence-electron chi connectivity index (χ0n) is 10.9. The van der Waals surface area contributed by atoms with E-state index >= 15 is 0 Å². The Kier molecular flexibility index (Phi) is 7.54. The van der Waals surface area contributed by atoms with Gasteiger partial charge >= 0.3 is 11.9 Å². The molecule has 0 fully saturated rings. The third kappa shape index (κ3) is 5.68. The molecule has 17 heavy (non-hydrogen) atoms. The number of carbonyl (C=O) groups is 2. The number of carbonyl (C=O) groups excluding carboxylic acids is 1. The van der Waals surface area contributed by atoms with Gasteiger partial charge in [-0.25, -0.2) is 4.79 Å². The van der Waals surface area contributed by atoms with Crippen molar-refractivity contribution in [3.8, 4) is 0 Å². The summed E-state index contributed by atoms with van der Waals surface area (Å²) in [4.78, 5) is 22.5. The second-order valence-electron chi connectivity index (χ2n) is 4.36. The summed E-state index contributed by atoms with van der Waals surface area (Å²) in [5.74, 6) is -1.46. The number of esters is 1. The molecule has 0 heterocycles. The van der Waals surface area contributed by atoms with E-state index in [2.05, 4.69) is 5.73 Å². The number of hydrogen-bond acceptors (Lipinski definition) is 3. The summed E-state index contributed by atoms with van der Waals surface area (Å²) in [5.41, 5.74) is 3.47. The number of aliphatic carboxylic acids is 1. The van der Waals surface area contributed by atoms with Gasteiger partial charge in [-0.2, -0.15) is 0 Å². The standard InChI is InChI=1S/C12H23NO4/c1-4-6-9(7-5-2)12(16)17-8(3)10(13)11(14)15/h8-10H,4-7,13H2,1-3H3,(H,14,15)/p+1/t8-,10-/m0/s1. The van der Waals surface area contributed by atoms with Crippen LogP contribution in [-0.4, -0.2) is 29.2 Å².